The zero-order valence-electron chi connectivity index (χ0n) is 12.0. The van der Waals surface area contributed by atoms with Gasteiger partial charge in [0.1, 0.15) is 5.82 Å². The smallest absolute Gasteiger partial charge is 0.351 e. The number of nitrogens with one attached hydrogen (secondary N) is 1. The van der Waals surface area contributed by atoms with Crippen molar-refractivity contribution < 1.29 is 31.7 Å². The molecular formula is C15H10F4N2O3. The molecule has 0 atom stereocenters. The standard InChI is InChI=1S/C15H10F4N2O3/c16-8-2-1-3-9(12(8)13(22)15(17,18)19)20-14(23)11-6-10(21-24-11)7-4-5-7/h1-3,6-7H,4-5H2,(H,20,23). The largest absolute Gasteiger partial charge is 0.455 e. The number of Topliss-reactive ketones (excluding diaryl/α,β-unsaturated/α-hetero) is 1. The van der Waals surface area contributed by atoms with Gasteiger partial charge in [0.25, 0.3) is 11.7 Å². The van der Waals surface area contributed by atoms with Crippen molar-refractivity contribution in [3.8, 4) is 0 Å². The van der Waals surface area contributed by atoms with Gasteiger partial charge in [-0.3, -0.25) is 9.59 Å². The Balaban J connectivity index is 1.87. The van der Waals surface area contributed by atoms with E-state index in [1.165, 1.54) is 6.07 Å². The van der Waals surface area contributed by atoms with Crippen molar-refractivity contribution in [2.75, 3.05) is 5.32 Å². The van der Waals surface area contributed by atoms with E-state index < -0.39 is 34.9 Å². The first kappa shape index (κ1) is 16.2. The molecule has 1 aromatic heterocycles. The average Bonchev–Trinajstić information content (AvgIpc) is 3.23. The molecule has 0 saturated heterocycles. The van der Waals surface area contributed by atoms with Gasteiger partial charge in [-0.25, -0.2) is 4.39 Å². The van der Waals surface area contributed by atoms with Crippen LogP contribution in [-0.2, 0) is 0 Å². The zero-order chi connectivity index (χ0) is 17.5. The van der Waals surface area contributed by atoms with Crippen LogP contribution in [0.3, 0.4) is 0 Å². The topological polar surface area (TPSA) is 72.2 Å². The first-order chi connectivity index (χ1) is 11.3. The number of nitrogens with zero attached hydrogens (tertiary/aromatic N) is 1. The molecule has 0 bridgehead atoms. The molecule has 1 saturated carbocycles. The Morgan fingerprint density at radius 3 is 2.58 bits per heavy atom. The van der Waals surface area contributed by atoms with Crippen LogP contribution >= 0.6 is 0 Å². The lowest BCUT2D eigenvalue weighted by Crippen LogP contribution is -2.26. The predicted molar refractivity (Wildman–Crippen MR) is 73.2 cm³/mol. The molecule has 2 aromatic rings. The molecule has 1 aliphatic rings. The van der Waals surface area contributed by atoms with E-state index in [0.29, 0.717) is 11.8 Å². The highest BCUT2D eigenvalue weighted by molar-refractivity contribution is 6.10. The van der Waals surface area contributed by atoms with Crippen LogP contribution in [-0.4, -0.2) is 23.0 Å². The van der Waals surface area contributed by atoms with Gasteiger partial charge in [-0.2, -0.15) is 13.2 Å². The summed E-state index contributed by atoms with van der Waals surface area (Å²) < 4.78 is 56.3. The fourth-order valence-corrected chi connectivity index (χ4v) is 2.15. The van der Waals surface area contributed by atoms with Gasteiger partial charge in [-0.1, -0.05) is 11.2 Å². The lowest BCUT2D eigenvalue weighted by molar-refractivity contribution is -0.0887. The highest BCUT2D eigenvalue weighted by atomic mass is 19.4. The fraction of sp³-hybridized carbons (Fsp3) is 0.267. The molecule has 1 amide bonds. The van der Waals surface area contributed by atoms with E-state index in [9.17, 15) is 27.2 Å². The molecule has 3 rings (SSSR count). The summed E-state index contributed by atoms with van der Waals surface area (Å²) in [5, 5.41) is 5.76. The molecule has 1 heterocycles. The van der Waals surface area contributed by atoms with Crippen LogP contribution in [0.2, 0.25) is 0 Å². The number of ketones is 1. The molecule has 1 aliphatic carbocycles. The van der Waals surface area contributed by atoms with Crippen LogP contribution in [0.25, 0.3) is 0 Å². The van der Waals surface area contributed by atoms with Gasteiger partial charge in [-0.15, -0.1) is 0 Å². The molecular weight excluding hydrogens is 332 g/mol. The molecule has 1 aromatic carbocycles. The van der Waals surface area contributed by atoms with Crippen molar-refractivity contribution in [1.82, 2.24) is 5.16 Å². The van der Waals surface area contributed by atoms with Gasteiger partial charge in [0, 0.05) is 12.0 Å². The highest BCUT2D eigenvalue weighted by Crippen LogP contribution is 2.39. The Hall–Kier alpha value is -2.71. The number of aromatic nitrogens is 1. The number of carbonyl (C=O) groups excluding carboxylic acids is 2. The number of amides is 1. The minimum atomic E-state index is -5.27. The van der Waals surface area contributed by atoms with Crippen molar-refractivity contribution >= 4 is 17.4 Å². The molecule has 0 aliphatic heterocycles. The van der Waals surface area contributed by atoms with Crippen molar-refractivity contribution in [3.05, 3.63) is 47.1 Å². The van der Waals surface area contributed by atoms with Gasteiger partial charge < -0.3 is 9.84 Å². The normalized spacial score (nSPS) is 14.5. The third-order valence-corrected chi connectivity index (χ3v) is 3.49. The number of benzene rings is 1. The monoisotopic (exact) mass is 342 g/mol. The van der Waals surface area contributed by atoms with E-state index in [2.05, 4.69) is 10.5 Å². The molecule has 1 fully saturated rings. The molecule has 9 heteroatoms. The van der Waals surface area contributed by atoms with E-state index in [-0.39, 0.29) is 11.7 Å². The summed E-state index contributed by atoms with van der Waals surface area (Å²) in [7, 11) is 0. The van der Waals surface area contributed by atoms with Crippen molar-refractivity contribution in [2.45, 2.75) is 24.9 Å². The Morgan fingerprint density at radius 2 is 1.96 bits per heavy atom. The Kier molecular flexibility index (Phi) is 3.86. The molecule has 0 unspecified atom stereocenters. The zero-order valence-corrected chi connectivity index (χ0v) is 12.0. The summed E-state index contributed by atoms with van der Waals surface area (Å²) in [5.41, 5.74) is -1.27. The Morgan fingerprint density at radius 1 is 1.25 bits per heavy atom. The maximum atomic E-state index is 13.7. The highest BCUT2D eigenvalue weighted by Gasteiger charge is 2.42. The summed E-state index contributed by atoms with van der Waals surface area (Å²) in [6.07, 6.45) is -3.43. The lowest BCUT2D eigenvalue weighted by atomic mass is 10.1. The summed E-state index contributed by atoms with van der Waals surface area (Å²) in [6, 6.07) is 4.15. The van der Waals surface area contributed by atoms with E-state index in [1.807, 2.05) is 0 Å². The number of anilines is 1. The van der Waals surface area contributed by atoms with Gasteiger partial charge in [0.2, 0.25) is 5.76 Å². The number of halogens is 4. The molecule has 0 radical (unpaired) electrons. The third kappa shape index (κ3) is 3.15. The van der Waals surface area contributed by atoms with Crippen molar-refractivity contribution in [3.63, 3.8) is 0 Å². The Labute approximate surface area is 132 Å². The quantitative estimate of drug-likeness (QED) is 0.679. The van der Waals surface area contributed by atoms with Crippen LogP contribution in [0.15, 0.2) is 28.8 Å². The average molecular weight is 342 g/mol. The summed E-state index contributed by atoms with van der Waals surface area (Å²) >= 11 is 0. The first-order valence-corrected chi connectivity index (χ1v) is 6.95. The second-order valence-corrected chi connectivity index (χ2v) is 5.33. The number of carbonyl (C=O) groups is 2. The minimum Gasteiger partial charge on any atom is -0.351 e. The van der Waals surface area contributed by atoms with Crippen LogP contribution < -0.4 is 5.32 Å². The van der Waals surface area contributed by atoms with Crippen LogP contribution in [0.1, 0.15) is 45.4 Å². The molecule has 5 nitrogen and oxygen atoms in total. The lowest BCUT2D eigenvalue weighted by Gasteiger charge is -2.11. The third-order valence-electron chi connectivity index (χ3n) is 3.49. The van der Waals surface area contributed by atoms with E-state index >= 15 is 0 Å². The van der Waals surface area contributed by atoms with Crippen LogP contribution in [0.5, 0.6) is 0 Å². The second-order valence-electron chi connectivity index (χ2n) is 5.33. The number of alkyl halides is 3. The van der Waals surface area contributed by atoms with Gasteiger partial charge >= 0.3 is 6.18 Å². The summed E-state index contributed by atoms with van der Waals surface area (Å²) in [5.74, 6) is -4.70. The van der Waals surface area contributed by atoms with E-state index in [1.54, 1.807) is 0 Å². The number of hydrogen-bond acceptors (Lipinski definition) is 4. The van der Waals surface area contributed by atoms with Crippen molar-refractivity contribution in [1.29, 1.82) is 0 Å². The maximum Gasteiger partial charge on any atom is 0.455 e. The van der Waals surface area contributed by atoms with Crippen molar-refractivity contribution in [2.24, 2.45) is 0 Å². The summed E-state index contributed by atoms with van der Waals surface area (Å²) in [6.45, 7) is 0. The fourth-order valence-electron chi connectivity index (χ4n) is 2.15. The van der Waals surface area contributed by atoms with Gasteiger partial charge in [0.15, 0.2) is 0 Å². The van der Waals surface area contributed by atoms with E-state index in [4.69, 9.17) is 4.52 Å². The minimum absolute atomic E-state index is 0.215. The molecule has 126 valence electrons. The Bertz CT molecular complexity index is 809. The SMILES string of the molecule is O=C(Nc1cccc(F)c1C(=O)C(F)(F)F)c1cc(C2CC2)no1. The first-order valence-electron chi connectivity index (χ1n) is 6.95. The molecule has 1 N–H and O–H groups in total. The van der Waals surface area contributed by atoms with Gasteiger partial charge in [0.05, 0.1) is 16.9 Å². The molecule has 0 spiro atoms. The maximum absolute atomic E-state index is 13.7. The number of hydrogen-bond donors (Lipinski definition) is 1. The van der Waals surface area contributed by atoms with Gasteiger partial charge in [-0.05, 0) is 25.0 Å². The predicted octanol–water partition coefficient (Wildman–Crippen LogP) is 3.69. The van der Waals surface area contributed by atoms with Crippen LogP contribution in [0, 0.1) is 5.82 Å². The van der Waals surface area contributed by atoms with E-state index in [0.717, 1.165) is 25.0 Å². The second kappa shape index (κ2) is 5.73. The van der Waals surface area contributed by atoms with Crippen LogP contribution in [0.4, 0.5) is 23.2 Å². The number of rotatable bonds is 4. The molecule has 24 heavy (non-hydrogen) atoms. The summed E-state index contributed by atoms with van der Waals surface area (Å²) in [4.78, 5) is 23.4.